The summed E-state index contributed by atoms with van der Waals surface area (Å²) in [6.07, 6.45) is 0.320. The predicted molar refractivity (Wildman–Crippen MR) is 115 cm³/mol. The van der Waals surface area contributed by atoms with Gasteiger partial charge in [0.2, 0.25) is 5.91 Å². The van der Waals surface area contributed by atoms with Gasteiger partial charge in [0.15, 0.2) is 5.54 Å². The molecule has 0 bridgehead atoms. The lowest BCUT2D eigenvalue weighted by molar-refractivity contribution is -0.139. The number of likely N-dealkylation sites (N-methyl/N-ethyl adjacent to an activating group) is 1. The highest BCUT2D eigenvalue weighted by Crippen LogP contribution is 2.40. The molecule has 0 radical (unpaired) electrons. The molecular weight excluding hydrogens is 416 g/mol. The van der Waals surface area contributed by atoms with Crippen LogP contribution in [0.4, 0.5) is 4.79 Å². The smallest absolute Gasteiger partial charge is 0.325 e. The third kappa shape index (κ3) is 3.21. The molecule has 1 fully saturated rings. The number of carbonyl (C=O) groups excluding carboxylic acids is 3. The first-order valence-corrected chi connectivity index (χ1v) is 10.7. The molecule has 0 unspecified atom stereocenters. The first kappa shape index (κ1) is 19.5. The molecule has 8 nitrogen and oxygen atoms in total. The summed E-state index contributed by atoms with van der Waals surface area (Å²) in [5.41, 5.74) is 0.326. The van der Waals surface area contributed by atoms with Crippen molar-refractivity contribution in [3.63, 3.8) is 0 Å². The van der Waals surface area contributed by atoms with Gasteiger partial charge in [0.25, 0.3) is 5.91 Å². The van der Waals surface area contributed by atoms with E-state index in [-0.39, 0.29) is 12.5 Å². The molecule has 2 aliphatic rings. The molecule has 1 aromatic heterocycles. The van der Waals surface area contributed by atoms with Crippen LogP contribution in [0.3, 0.4) is 0 Å². The standard InChI is InChI=1S/C22H20N4O4S/c1-25(12-18-23-15-7-3-5-9-17(15)31-18)19(27)13-26-20(28)22(24-21(26)29)10-11-30-16-8-4-2-6-14(16)22/h2-9H,10-13H2,1H3,(H,24,29)/t22-/m0/s1. The molecule has 1 atom stereocenters. The lowest BCUT2D eigenvalue weighted by atomic mass is 9.84. The quantitative estimate of drug-likeness (QED) is 0.635. The van der Waals surface area contributed by atoms with Crippen LogP contribution in [-0.4, -0.2) is 52.8 Å². The highest BCUT2D eigenvalue weighted by Gasteiger charge is 2.55. The lowest BCUT2D eigenvalue weighted by Crippen LogP contribution is -2.48. The lowest BCUT2D eigenvalue weighted by Gasteiger charge is -2.33. The number of benzene rings is 2. The van der Waals surface area contributed by atoms with Gasteiger partial charge in [-0.15, -0.1) is 11.3 Å². The molecule has 1 saturated heterocycles. The number of rotatable bonds is 4. The molecule has 9 heteroatoms. The van der Waals surface area contributed by atoms with Crippen molar-refractivity contribution < 1.29 is 19.1 Å². The van der Waals surface area contributed by atoms with Crippen LogP contribution in [0.25, 0.3) is 10.2 Å². The van der Waals surface area contributed by atoms with E-state index in [1.54, 1.807) is 25.2 Å². The van der Waals surface area contributed by atoms with Crippen LogP contribution in [0.1, 0.15) is 17.0 Å². The molecule has 1 N–H and O–H groups in total. The van der Waals surface area contributed by atoms with Crippen molar-refractivity contribution in [1.29, 1.82) is 0 Å². The Hall–Kier alpha value is -3.46. The second-order valence-corrected chi connectivity index (χ2v) is 8.76. The zero-order chi connectivity index (χ0) is 21.6. The second-order valence-electron chi connectivity index (χ2n) is 7.65. The van der Waals surface area contributed by atoms with Gasteiger partial charge in [0, 0.05) is 19.0 Å². The maximum Gasteiger partial charge on any atom is 0.325 e. The van der Waals surface area contributed by atoms with E-state index in [0.29, 0.717) is 30.9 Å². The van der Waals surface area contributed by atoms with Crippen LogP contribution in [0.5, 0.6) is 5.75 Å². The van der Waals surface area contributed by atoms with Gasteiger partial charge in [-0.2, -0.15) is 0 Å². The van der Waals surface area contributed by atoms with Crippen LogP contribution in [-0.2, 0) is 21.7 Å². The van der Waals surface area contributed by atoms with Crippen LogP contribution in [0.2, 0.25) is 0 Å². The minimum atomic E-state index is -1.18. The number of amides is 4. The van der Waals surface area contributed by atoms with Crippen molar-refractivity contribution in [3.8, 4) is 5.75 Å². The number of nitrogens with zero attached hydrogens (tertiary/aromatic N) is 3. The van der Waals surface area contributed by atoms with E-state index in [1.807, 2.05) is 30.3 Å². The number of hydrogen-bond donors (Lipinski definition) is 1. The van der Waals surface area contributed by atoms with Crippen LogP contribution >= 0.6 is 11.3 Å². The largest absolute Gasteiger partial charge is 0.493 e. The Kier molecular flexibility index (Phi) is 4.62. The highest BCUT2D eigenvalue weighted by molar-refractivity contribution is 7.18. The second kappa shape index (κ2) is 7.35. The van der Waals surface area contributed by atoms with Crippen molar-refractivity contribution in [2.45, 2.75) is 18.5 Å². The number of ether oxygens (including phenoxy) is 1. The zero-order valence-corrected chi connectivity index (χ0v) is 17.6. The van der Waals surface area contributed by atoms with Gasteiger partial charge in [-0.25, -0.2) is 9.78 Å². The molecule has 31 heavy (non-hydrogen) atoms. The van der Waals surface area contributed by atoms with E-state index in [9.17, 15) is 14.4 Å². The number of hydrogen-bond acceptors (Lipinski definition) is 6. The van der Waals surface area contributed by atoms with E-state index in [2.05, 4.69) is 10.3 Å². The summed E-state index contributed by atoms with van der Waals surface area (Å²) in [5, 5.41) is 3.61. The Labute approximate surface area is 182 Å². The first-order valence-electron chi connectivity index (χ1n) is 9.93. The maximum atomic E-state index is 13.3. The van der Waals surface area contributed by atoms with Gasteiger partial charge in [-0.3, -0.25) is 14.5 Å². The monoisotopic (exact) mass is 436 g/mol. The predicted octanol–water partition coefficient (Wildman–Crippen LogP) is 2.48. The average molecular weight is 436 g/mol. The molecule has 1 spiro atoms. The van der Waals surface area contributed by atoms with E-state index < -0.39 is 17.5 Å². The van der Waals surface area contributed by atoms with Gasteiger partial charge >= 0.3 is 6.03 Å². The molecule has 4 amide bonds. The number of imide groups is 1. The summed E-state index contributed by atoms with van der Waals surface area (Å²) in [7, 11) is 1.65. The number of thiazole rings is 1. The fourth-order valence-corrected chi connectivity index (χ4v) is 5.07. The minimum Gasteiger partial charge on any atom is -0.493 e. The van der Waals surface area contributed by atoms with E-state index in [1.165, 1.54) is 16.2 Å². The summed E-state index contributed by atoms with van der Waals surface area (Å²) in [4.78, 5) is 45.8. The number of carbonyl (C=O) groups is 3. The van der Waals surface area contributed by atoms with Gasteiger partial charge < -0.3 is 15.0 Å². The fraction of sp³-hybridized carbons (Fsp3) is 0.273. The molecule has 3 aromatic rings. The highest BCUT2D eigenvalue weighted by atomic mass is 32.1. The van der Waals surface area contributed by atoms with Crippen molar-refractivity contribution in [3.05, 3.63) is 59.1 Å². The van der Waals surface area contributed by atoms with E-state index in [0.717, 1.165) is 20.1 Å². The first-order chi connectivity index (χ1) is 15.0. The molecule has 158 valence electrons. The van der Waals surface area contributed by atoms with Crippen molar-refractivity contribution in [1.82, 2.24) is 20.1 Å². The van der Waals surface area contributed by atoms with Crippen LogP contribution < -0.4 is 10.1 Å². The van der Waals surface area contributed by atoms with Crippen LogP contribution in [0, 0.1) is 0 Å². The van der Waals surface area contributed by atoms with Crippen molar-refractivity contribution in [2.24, 2.45) is 0 Å². The summed E-state index contributed by atoms with van der Waals surface area (Å²) in [6.45, 7) is 0.294. The Morgan fingerprint density at radius 2 is 2.00 bits per heavy atom. The Bertz CT molecular complexity index is 1180. The number of fused-ring (bicyclic) bond motifs is 3. The summed E-state index contributed by atoms with van der Waals surface area (Å²) in [6, 6.07) is 14.4. The van der Waals surface area contributed by atoms with Crippen molar-refractivity contribution in [2.75, 3.05) is 20.2 Å². The third-order valence-electron chi connectivity index (χ3n) is 5.69. The minimum absolute atomic E-state index is 0.308. The molecule has 3 heterocycles. The number of para-hydroxylation sites is 2. The SMILES string of the molecule is CN(Cc1nc2ccccc2s1)C(=O)CN1C(=O)N[C@]2(CCOc3ccccc32)C1=O. The summed E-state index contributed by atoms with van der Waals surface area (Å²) < 4.78 is 6.69. The molecule has 2 aliphatic heterocycles. The molecule has 5 rings (SSSR count). The van der Waals surface area contributed by atoms with E-state index in [4.69, 9.17) is 4.74 Å². The van der Waals surface area contributed by atoms with Crippen LogP contribution in [0.15, 0.2) is 48.5 Å². The molecule has 2 aromatic carbocycles. The Morgan fingerprint density at radius 3 is 2.84 bits per heavy atom. The Morgan fingerprint density at radius 1 is 1.23 bits per heavy atom. The topological polar surface area (TPSA) is 91.8 Å². The Balaban J connectivity index is 1.32. The number of urea groups is 1. The summed E-state index contributed by atoms with van der Waals surface area (Å²) >= 11 is 1.52. The molecule has 0 saturated carbocycles. The number of aromatic nitrogens is 1. The molecular formula is C22H20N4O4S. The van der Waals surface area contributed by atoms with Gasteiger partial charge in [0.1, 0.15) is 17.3 Å². The van der Waals surface area contributed by atoms with Gasteiger partial charge in [0.05, 0.1) is 23.4 Å². The molecule has 0 aliphatic carbocycles. The average Bonchev–Trinajstić information content (AvgIpc) is 3.28. The third-order valence-corrected chi connectivity index (χ3v) is 6.71. The maximum absolute atomic E-state index is 13.3. The number of nitrogens with one attached hydrogen (secondary N) is 1. The summed E-state index contributed by atoms with van der Waals surface area (Å²) in [5.74, 6) is -0.182. The normalized spacial score (nSPS) is 20.0. The zero-order valence-electron chi connectivity index (χ0n) is 16.8. The fourth-order valence-electron chi connectivity index (χ4n) is 4.05. The van der Waals surface area contributed by atoms with Crippen molar-refractivity contribution >= 4 is 39.4 Å². The van der Waals surface area contributed by atoms with Gasteiger partial charge in [-0.05, 0) is 18.2 Å². The van der Waals surface area contributed by atoms with Gasteiger partial charge in [-0.1, -0.05) is 30.3 Å². The van der Waals surface area contributed by atoms with E-state index >= 15 is 0 Å².